The molecule has 1 N–H and O–H groups in total. The fourth-order valence-corrected chi connectivity index (χ4v) is 6.87. The van der Waals surface area contributed by atoms with Gasteiger partial charge in [-0.2, -0.15) is 5.26 Å². The number of anilines is 3. The van der Waals surface area contributed by atoms with Crippen LogP contribution in [0.2, 0.25) is 0 Å². The SMILES string of the molecule is CN(c1ccncc1)c1ccc(CN(c2nccc(-c3cccc(C#N)c3)n2)[C@H]2CCC[N+](C)(C3CCNCC3)C2)cc1. The van der Waals surface area contributed by atoms with Crippen molar-refractivity contribution >= 4 is 17.3 Å². The first-order chi connectivity index (χ1) is 21.0. The molecule has 2 aromatic heterocycles. The average molecular weight is 574 g/mol. The van der Waals surface area contributed by atoms with Crippen molar-refractivity contribution in [2.75, 3.05) is 50.1 Å². The number of nitrogens with zero attached hydrogens (tertiary/aromatic N) is 7. The molecule has 2 aliphatic heterocycles. The van der Waals surface area contributed by atoms with Crippen LogP contribution in [0.25, 0.3) is 11.3 Å². The van der Waals surface area contributed by atoms with Crippen LogP contribution in [0.5, 0.6) is 0 Å². The molecular formula is C35H41N8+. The minimum atomic E-state index is 0.327. The van der Waals surface area contributed by atoms with E-state index in [-0.39, 0.29) is 0 Å². The minimum absolute atomic E-state index is 0.327. The number of likely N-dealkylation sites (N-methyl/N-ethyl adjacent to an activating group) is 1. The number of likely N-dealkylation sites (tertiary alicyclic amines) is 1. The third-order valence-electron chi connectivity index (χ3n) is 9.38. The fourth-order valence-electron chi connectivity index (χ4n) is 6.87. The summed E-state index contributed by atoms with van der Waals surface area (Å²) in [6.45, 7) is 5.27. The van der Waals surface area contributed by atoms with E-state index in [2.05, 4.69) is 64.5 Å². The predicted molar refractivity (Wildman–Crippen MR) is 172 cm³/mol. The van der Waals surface area contributed by atoms with Crippen molar-refractivity contribution < 1.29 is 4.48 Å². The number of nitrogens with one attached hydrogen (secondary N) is 1. The Kier molecular flexibility index (Phi) is 8.64. The van der Waals surface area contributed by atoms with Crippen molar-refractivity contribution in [2.24, 2.45) is 0 Å². The second-order valence-electron chi connectivity index (χ2n) is 12.2. The van der Waals surface area contributed by atoms with Crippen LogP contribution < -0.4 is 15.1 Å². The highest BCUT2D eigenvalue weighted by molar-refractivity contribution is 5.63. The highest BCUT2D eigenvalue weighted by Gasteiger charge is 2.41. The van der Waals surface area contributed by atoms with Crippen LogP contribution in [-0.4, -0.2) is 71.8 Å². The standard InChI is InChI=1S/C35H41N8/c1-41(31-12-17-37-18-13-31)30-10-8-27(9-11-30)25-42(32-7-4-22-43(2,26-32)33-14-19-38-20-15-33)35-39-21-16-34(40-35)29-6-3-5-28(23-29)24-36/h3,5-6,8-13,16-18,21,23,32-33,38H,4,7,14-15,19-20,22,25-26H2,1-2H3/q+1/t32-,43?/m0/s1. The quantitative estimate of drug-likeness (QED) is 0.277. The lowest BCUT2D eigenvalue weighted by Crippen LogP contribution is -2.63. The van der Waals surface area contributed by atoms with E-state index in [9.17, 15) is 5.26 Å². The van der Waals surface area contributed by atoms with Crippen LogP contribution in [0.3, 0.4) is 0 Å². The molecule has 6 rings (SSSR count). The summed E-state index contributed by atoms with van der Waals surface area (Å²) in [6.07, 6.45) is 10.3. The van der Waals surface area contributed by atoms with Crippen molar-refractivity contribution in [1.82, 2.24) is 20.3 Å². The third-order valence-corrected chi connectivity index (χ3v) is 9.38. The smallest absolute Gasteiger partial charge is 0.226 e. The van der Waals surface area contributed by atoms with Gasteiger partial charge in [0.15, 0.2) is 0 Å². The van der Waals surface area contributed by atoms with Crippen molar-refractivity contribution in [1.29, 1.82) is 5.26 Å². The Morgan fingerprint density at radius 3 is 2.49 bits per heavy atom. The average Bonchev–Trinajstić information content (AvgIpc) is 3.08. The number of piperidine rings is 2. The van der Waals surface area contributed by atoms with Gasteiger partial charge in [-0.15, -0.1) is 0 Å². The monoisotopic (exact) mass is 573 g/mol. The molecule has 2 aromatic carbocycles. The Morgan fingerprint density at radius 2 is 1.72 bits per heavy atom. The molecule has 0 saturated carbocycles. The van der Waals surface area contributed by atoms with Crippen molar-refractivity contribution in [3.8, 4) is 17.3 Å². The van der Waals surface area contributed by atoms with Crippen molar-refractivity contribution in [3.05, 3.63) is 96.4 Å². The fraction of sp³-hybridized carbons (Fsp3) is 0.371. The molecule has 2 atom stereocenters. The first-order valence-corrected chi connectivity index (χ1v) is 15.4. The van der Waals surface area contributed by atoms with E-state index < -0.39 is 0 Å². The molecule has 1 unspecified atom stereocenters. The summed E-state index contributed by atoms with van der Waals surface area (Å²) in [5.74, 6) is 0.751. The van der Waals surface area contributed by atoms with Crippen LogP contribution in [0, 0.1) is 11.3 Å². The van der Waals surface area contributed by atoms with E-state index in [4.69, 9.17) is 9.97 Å². The molecule has 8 heteroatoms. The van der Waals surface area contributed by atoms with Gasteiger partial charge in [0, 0.05) is 75.1 Å². The number of quaternary nitrogens is 1. The van der Waals surface area contributed by atoms with Gasteiger partial charge < -0.3 is 19.6 Å². The minimum Gasteiger partial charge on any atom is -0.345 e. The summed E-state index contributed by atoms with van der Waals surface area (Å²) in [6, 6.07) is 25.8. The summed E-state index contributed by atoms with van der Waals surface area (Å²) < 4.78 is 1.11. The highest BCUT2D eigenvalue weighted by atomic mass is 15.4. The largest absolute Gasteiger partial charge is 0.345 e. The van der Waals surface area contributed by atoms with Gasteiger partial charge in [-0.3, -0.25) is 4.98 Å². The molecule has 8 nitrogen and oxygen atoms in total. The number of rotatable bonds is 8. The van der Waals surface area contributed by atoms with Crippen LogP contribution >= 0.6 is 0 Å². The molecule has 0 aliphatic carbocycles. The molecule has 0 bridgehead atoms. The maximum Gasteiger partial charge on any atom is 0.226 e. The van der Waals surface area contributed by atoms with E-state index in [0.717, 1.165) is 65.7 Å². The maximum atomic E-state index is 9.46. The number of nitriles is 1. The number of hydrogen-bond donors (Lipinski definition) is 1. The van der Waals surface area contributed by atoms with E-state index >= 15 is 0 Å². The molecule has 220 valence electrons. The van der Waals surface area contributed by atoms with Crippen LogP contribution in [0.1, 0.15) is 36.8 Å². The molecule has 4 aromatic rings. The van der Waals surface area contributed by atoms with E-state index in [0.29, 0.717) is 17.6 Å². The van der Waals surface area contributed by atoms with Gasteiger partial charge in [-0.05, 0) is 60.9 Å². The first-order valence-electron chi connectivity index (χ1n) is 15.4. The molecule has 43 heavy (non-hydrogen) atoms. The molecule has 0 spiro atoms. The first kappa shape index (κ1) is 28.8. The predicted octanol–water partition coefficient (Wildman–Crippen LogP) is 5.55. The summed E-state index contributed by atoms with van der Waals surface area (Å²) >= 11 is 0. The van der Waals surface area contributed by atoms with E-state index in [1.165, 1.54) is 31.4 Å². The zero-order valence-electron chi connectivity index (χ0n) is 25.2. The summed E-state index contributed by atoms with van der Waals surface area (Å²) in [4.78, 5) is 18.7. The summed E-state index contributed by atoms with van der Waals surface area (Å²) in [7, 11) is 4.55. The molecular weight excluding hydrogens is 532 g/mol. The highest BCUT2D eigenvalue weighted by Crippen LogP contribution is 2.32. The number of pyridine rings is 1. The second-order valence-corrected chi connectivity index (χ2v) is 12.2. The molecule has 4 heterocycles. The Balaban J connectivity index is 1.31. The van der Waals surface area contributed by atoms with Gasteiger partial charge in [-0.25, -0.2) is 9.97 Å². The van der Waals surface area contributed by atoms with Crippen molar-refractivity contribution in [2.45, 2.75) is 44.3 Å². The molecule has 2 aliphatic rings. The van der Waals surface area contributed by atoms with Gasteiger partial charge in [-0.1, -0.05) is 24.3 Å². The molecule has 2 saturated heterocycles. The number of hydrogen-bond acceptors (Lipinski definition) is 7. The van der Waals surface area contributed by atoms with Crippen LogP contribution in [0.15, 0.2) is 85.3 Å². The lowest BCUT2D eigenvalue weighted by Gasteiger charge is -2.50. The summed E-state index contributed by atoms with van der Waals surface area (Å²) in [5.41, 5.74) is 5.87. The zero-order chi connectivity index (χ0) is 29.6. The lowest BCUT2D eigenvalue weighted by atomic mass is 9.94. The Morgan fingerprint density at radius 1 is 0.953 bits per heavy atom. The third kappa shape index (κ3) is 6.53. The summed E-state index contributed by atoms with van der Waals surface area (Å²) in [5, 5.41) is 13.0. The topological polar surface area (TPSA) is 81.0 Å². The normalized spacial score (nSPS) is 20.7. The van der Waals surface area contributed by atoms with Gasteiger partial charge in [0.1, 0.15) is 0 Å². The zero-order valence-corrected chi connectivity index (χ0v) is 25.2. The van der Waals surface area contributed by atoms with Gasteiger partial charge in [0.05, 0.1) is 49.5 Å². The van der Waals surface area contributed by atoms with Gasteiger partial charge >= 0.3 is 0 Å². The van der Waals surface area contributed by atoms with Crippen LogP contribution in [-0.2, 0) is 6.54 Å². The van der Waals surface area contributed by atoms with E-state index in [1.54, 1.807) is 0 Å². The number of benzene rings is 2. The van der Waals surface area contributed by atoms with Crippen LogP contribution in [0.4, 0.5) is 17.3 Å². The van der Waals surface area contributed by atoms with Gasteiger partial charge in [0.25, 0.3) is 0 Å². The van der Waals surface area contributed by atoms with Crippen molar-refractivity contribution in [3.63, 3.8) is 0 Å². The molecule has 0 radical (unpaired) electrons. The number of aromatic nitrogens is 3. The Hall–Kier alpha value is -4.32. The Labute approximate surface area is 255 Å². The van der Waals surface area contributed by atoms with E-state index in [1.807, 2.05) is 61.1 Å². The molecule has 0 amide bonds. The van der Waals surface area contributed by atoms with Gasteiger partial charge in [0.2, 0.25) is 5.95 Å². The maximum absolute atomic E-state index is 9.46. The second kappa shape index (κ2) is 12.9. The lowest BCUT2D eigenvalue weighted by molar-refractivity contribution is -0.939. The molecule has 2 fully saturated rings. The Bertz CT molecular complexity index is 1540.